The first kappa shape index (κ1) is 21.0. The fourth-order valence-corrected chi connectivity index (χ4v) is 2.64. The van der Waals surface area contributed by atoms with Crippen LogP contribution in [0.3, 0.4) is 0 Å². The molecule has 2 rings (SSSR count). The van der Waals surface area contributed by atoms with Crippen molar-refractivity contribution in [2.75, 3.05) is 6.61 Å². The van der Waals surface area contributed by atoms with Crippen molar-refractivity contribution >= 4 is 5.97 Å². The molecule has 2 aromatic rings. The van der Waals surface area contributed by atoms with Gasteiger partial charge in [0.25, 0.3) is 0 Å². The molecule has 146 valence electrons. The summed E-state index contributed by atoms with van der Waals surface area (Å²) in [4.78, 5) is 11.6. The Labute approximate surface area is 157 Å². The molecule has 2 aromatic carbocycles. The molecule has 0 aliphatic rings. The molecule has 0 aromatic heterocycles. The van der Waals surface area contributed by atoms with Crippen molar-refractivity contribution in [3.63, 3.8) is 0 Å². The Morgan fingerprint density at radius 3 is 1.96 bits per heavy atom. The number of benzene rings is 2. The van der Waals surface area contributed by atoms with Gasteiger partial charge in [0.15, 0.2) is 0 Å². The van der Waals surface area contributed by atoms with E-state index in [0.717, 1.165) is 28.8 Å². The fraction of sp³-hybridized carbons (Fsp3) is 0.381. The van der Waals surface area contributed by atoms with Crippen LogP contribution >= 0.6 is 0 Å². The topological polar surface area (TPSA) is 38.3 Å². The molecule has 0 saturated heterocycles. The molecule has 0 aliphatic heterocycles. The molecule has 0 spiro atoms. The van der Waals surface area contributed by atoms with Crippen LogP contribution in [0.1, 0.15) is 38.3 Å². The predicted octanol–water partition coefficient (Wildman–Crippen LogP) is 5.19. The molecule has 0 radical (unpaired) electrons. The lowest BCUT2D eigenvalue weighted by Gasteiger charge is -2.25. The Bertz CT molecular complexity index is 750. The third-order valence-corrected chi connectivity index (χ3v) is 4.16. The summed E-state index contributed by atoms with van der Waals surface area (Å²) in [5, 5.41) is 3.32. The number of hydrogen-bond acceptors (Lipinski definition) is 3. The smallest absolute Gasteiger partial charge is 0.416 e. The summed E-state index contributed by atoms with van der Waals surface area (Å²) in [6, 6.07) is 12.7. The van der Waals surface area contributed by atoms with Crippen molar-refractivity contribution in [1.82, 2.24) is 5.32 Å². The van der Waals surface area contributed by atoms with Crippen LogP contribution < -0.4 is 5.32 Å². The van der Waals surface area contributed by atoms with E-state index in [-0.39, 0.29) is 12.4 Å². The van der Waals surface area contributed by atoms with Gasteiger partial charge in [-0.25, -0.2) is 0 Å². The summed E-state index contributed by atoms with van der Waals surface area (Å²) in [7, 11) is 0. The zero-order valence-corrected chi connectivity index (χ0v) is 15.7. The van der Waals surface area contributed by atoms with Gasteiger partial charge in [-0.3, -0.25) is 4.79 Å². The highest BCUT2D eigenvalue weighted by molar-refractivity contribution is 5.70. The van der Waals surface area contributed by atoms with E-state index in [0.29, 0.717) is 13.2 Å². The van der Waals surface area contributed by atoms with E-state index in [2.05, 4.69) is 5.32 Å². The molecule has 0 unspecified atom stereocenters. The van der Waals surface area contributed by atoms with Gasteiger partial charge in [0.1, 0.15) is 0 Å². The minimum atomic E-state index is -4.33. The quantitative estimate of drug-likeness (QED) is 0.673. The van der Waals surface area contributed by atoms with Crippen molar-refractivity contribution in [3.8, 4) is 11.1 Å². The Balaban J connectivity index is 1.98. The number of carbonyl (C=O) groups is 1. The number of carbonyl (C=O) groups excluding carboxylic acids is 1. The molecule has 0 amide bonds. The maximum atomic E-state index is 12.6. The van der Waals surface area contributed by atoms with Crippen LogP contribution in [0, 0.1) is 0 Å². The lowest BCUT2D eigenvalue weighted by Crippen LogP contribution is -2.41. The average Bonchev–Trinajstić information content (AvgIpc) is 2.60. The van der Waals surface area contributed by atoms with Gasteiger partial charge in [-0.2, -0.15) is 13.2 Å². The van der Waals surface area contributed by atoms with Gasteiger partial charge < -0.3 is 10.1 Å². The van der Waals surface area contributed by atoms with Crippen LogP contribution in [0.5, 0.6) is 0 Å². The maximum Gasteiger partial charge on any atom is 0.416 e. The van der Waals surface area contributed by atoms with E-state index in [4.69, 9.17) is 4.74 Å². The van der Waals surface area contributed by atoms with Crippen LogP contribution in [-0.2, 0) is 22.3 Å². The van der Waals surface area contributed by atoms with E-state index >= 15 is 0 Å². The van der Waals surface area contributed by atoms with E-state index < -0.39 is 17.3 Å². The first-order valence-electron chi connectivity index (χ1n) is 8.78. The van der Waals surface area contributed by atoms with Gasteiger partial charge in [-0.1, -0.05) is 36.4 Å². The minimum Gasteiger partial charge on any atom is -0.466 e. The van der Waals surface area contributed by atoms with Crippen LogP contribution in [0.2, 0.25) is 0 Å². The molecular formula is C21H24F3NO2. The Kier molecular flexibility index (Phi) is 6.65. The van der Waals surface area contributed by atoms with E-state index in [9.17, 15) is 18.0 Å². The van der Waals surface area contributed by atoms with Crippen molar-refractivity contribution in [3.05, 3.63) is 59.7 Å². The number of rotatable bonds is 7. The molecule has 3 nitrogen and oxygen atoms in total. The summed E-state index contributed by atoms with van der Waals surface area (Å²) >= 11 is 0. The lowest BCUT2D eigenvalue weighted by atomic mass is 9.99. The van der Waals surface area contributed by atoms with Crippen LogP contribution in [-0.4, -0.2) is 18.1 Å². The molecule has 1 N–H and O–H groups in total. The molecule has 27 heavy (non-hydrogen) atoms. The number of hydrogen-bond donors (Lipinski definition) is 1. The zero-order chi connectivity index (χ0) is 20.1. The van der Waals surface area contributed by atoms with Crippen molar-refractivity contribution in [2.24, 2.45) is 0 Å². The Morgan fingerprint density at radius 1 is 0.963 bits per heavy atom. The summed E-state index contributed by atoms with van der Waals surface area (Å²) in [5.41, 5.74) is 1.53. The van der Waals surface area contributed by atoms with Crippen molar-refractivity contribution in [2.45, 2.75) is 45.5 Å². The summed E-state index contributed by atoms with van der Waals surface area (Å²) in [6.45, 7) is 6.57. The van der Waals surface area contributed by atoms with Gasteiger partial charge in [0.05, 0.1) is 18.6 Å². The zero-order valence-electron chi connectivity index (χ0n) is 15.7. The van der Waals surface area contributed by atoms with Gasteiger partial charge in [-0.15, -0.1) is 0 Å². The van der Waals surface area contributed by atoms with Crippen LogP contribution in [0.25, 0.3) is 11.1 Å². The predicted molar refractivity (Wildman–Crippen MR) is 99.0 cm³/mol. The lowest BCUT2D eigenvalue weighted by molar-refractivity contribution is -0.144. The highest BCUT2D eigenvalue weighted by Gasteiger charge is 2.30. The van der Waals surface area contributed by atoms with Crippen LogP contribution in [0.15, 0.2) is 48.5 Å². The minimum absolute atomic E-state index is 0.243. The number of alkyl halides is 3. The van der Waals surface area contributed by atoms with Crippen molar-refractivity contribution < 1.29 is 22.7 Å². The second kappa shape index (κ2) is 8.57. The molecule has 0 heterocycles. The van der Waals surface area contributed by atoms with Gasteiger partial charge in [0, 0.05) is 12.1 Å². The monoisotopic (exact) mass is 379 g/mol. The van der Waals surface area contributed by atoms with Crippen LogP contribution in [0.4, 0.5) is 13.2 Å². The molecule has 0 saturated carbocycles. The van der Waals surface area contributed by atoms with E-state index in [1.54, 1.807) is 6.92 Å². The largest absolute Gasteiger partial charge is 0.466 e. The number of ether oxygens (including phenoxy) is 1. The molecule has 0 aliphatic carbocycles. The first-order valence-corrected chi connectivity index (χ1v) is 8.78. The standard InChI is InChI=1S/C21H24F3NO2/c1-4-27-19(26)13-20(2,3)25-14-15-5-7-16(8-6-15)17-9-11-18(12-10-17)21(22,23)24/h5-12,25H,4,13-14H2,1-3H3. The molecule has 0 atom stereocenters. The Morgan fingerprint density at radius 2 is 1.48 bits per heavy atom. The summed E-state index contributed by atoms with van der Waals surface area (Å²) in [5.74, 6) is -0.243. The third kappa shape index (κ3) is 6.40. The van der Waals surface area contributed by atoms with Gasteiger partial charge in [0.2, 0.25) is 0 Å². The molecule has 6 heteroatoms. The number of nitrogens with one attached hydrogen (secondary N) is 1. The second-order valence-corrected chi connectivity index (χ2v) is 6.99. The van der Waals surface area contributed by atoms with Crippen molar-refractivity contribution in [1.29, 1.82) is 0 Å². The van der Waals surface area contributed by atoms with E-state index in [1.807, 2.05) is 38.1 Å². The molecule has 0 fully saturated rings. The number of halogens is 3. The van der Waals surface area contributed by atoms with E-state index in [1.165, 1.54) is 12.1 Å². The third-order valence-electron chi connectivity index (χ3n) is 4.16. The Hall–Kier alpha value is -2.34. The summed E-state index contributed by atoms with van der Waals surface area (Å²) in [6.07, 6.45) is -4.06. The molecule has 0 bridgehead atoms. The average molecular weight is 379 g/mol. The molecular weight excluding hydrogens is 355 g/mol. The SMILES string of the molecule is CCOC(=O)CC(C)(C)NCc1ccc(-c2ccc(C(F)(F)F)cc2)cc1. The number of esters is 1. The fourth-order valence-electron chi connectivity index (χ4n) is 2.64. The first-order chi connectivity index (χ1) is 12.6. The second-order valence-electron chi connectivity index (χ2n) is 6.99. The van der Waals surface area contributed by atoms with Gasteiger partial charge in [-0.05, 0) is 49.6 Å². The van der Waals surface area contributed by atoms with Gasteiger partial charge >= 0.3 is 12.1 Å². The maximum absolute atomic E-state index is 12.6. The summed E-state index contributed by atoms with van der Waals surface area (Å²) < 4.78 is 42.9. The highest BCUT2D eigenvalue weighted by Crippen LogP contribution is 2.31. The highest BCUT2D eigenvalue weighted by atomic mass is 19.4. The normalized spacial score (nSPS) is 12.1.